The smallest absolute Gasteiger partial charge is 0.249 e. The molecule has 1 fully saturated rings. The Hall–Kier alpha value is -0.670. The van der Waals surface area contributed by atoms with Crippen molar-refractivity contribution < 1.29 is 13.6 Å². The first-order chi connectivity index (χ1) is 5.17. The van der Waals surface area contributed by atoms with E-state index in [1.54, 1.807) is 0 Å². The van der Waals surface area contributed by atoms with Gasteiger partial charge in [0.2, 0.25) is 5.92 Å². The molecule has 0 aromatic rings. The van der Waals surface area contributed by atoms with Crippen molar-refractivity contribution in [3.63, 3.8) is 0 Å². The summed E-state index contributed by atoms with van der Waals surface area (Å²) >= 11 is 0. The predicted octanol–water partition coefficient (Wildman–Crippen LogP) is 1.81. The minimum atomic E-state index is -2.49. The molecule has 11 heavy (non-hydrogen) atoms. The van der Waals surface area contributed by atoms with Gasteiger partial charge >= 0.3 is 0 Å². The summed E-state index contributed by atoms with van der Waals surface area (Å²) in [6.45, 7) is 0.352. The van der Waals surface area contributed by atoms with Crippen molar-refractivity contribution in [2.45, 2.75) is 25.2 Å². The molecule has 1 unspecified atom stereocenters. The quantitative estimate of drug-likeness (QED) is 0.531. The van der Waals surface area contributed by atoms with Gasteiger partial charge in [-0.1, -0.05) is 5.16 Å². The Morgan fingerprint density at radius 3 is 3.18 bits per heavy atom. The number of rotatable bonds is 0. The van der Waals surface area contributed by atoms with Crippen LogP contribution in [0.5, 0.6) is 0 Å². The Bertz CT molecular complexity index is 203. The molecule has 1 aliphatic heterocycles. The van der Waals surface area contributed by atoms with Gasteiger partial charge in [0, 0.05) is 18.8 Å². The third kappa shape index (κ3) is 1.21. The number of hydrogen-bond acceptors (Lipinski definition) is 2. The fraction of sp³-hybridized carbons (Fsp3) is 0.857. The molecule has 0 aromatic heterocycles. The van der Waals surface area contributed by atoms with Gasteiger partial charge in [0.15, 0.2) is 0 Å². The molecule has 0 radical (unpaired) electrons. The van der Waals surface area contributed by atoms with Crippen LogP contribution in [0.2, 0.25) is 0 Å². The maximum Gasteiger partial charge on any atom is 0.249 e. The molecule has 0 saturated heterocycles. The van der Waals surface area contributed by atoms with E-state index in [-0.39, 0.29) is 18.8 Å². The molecule has 2 rings (SSSR count). The van der Waals surface area contributed by atoms with Gasteiger partial charge in [0.1, 0.15) is 6.61 Å². The van der Waals surface area contributed by atoms with Crippen molar-refractivity contribution in [3.05, 3.63) is 0 Å². The maximum atomic E-state index is 12.7. The molecule has 0 aromatic carbocycles. The zero-order chi connectivity index (χ0) is 7.90. The summed E-state index contributed by atoms with van der Waals surface area (Å²) in [5, 5.41) is 3.71. The van der Waals surface area contributed by atoms with Crippen LogP contribution >= 0.6 is 0 Å². The second-order valence-electron chi connectivity index (χ2n) is 3.14. The van der Waals surface area contributed by atoms with Gasteiger partial charge in [-0.2, -0.15) is 0 Å². The normalized spacial score (nSPS) is 34.0. The van der Waals surface area contributed by atoms with Crippen LogP contribution < -0.4 is 0 Å². The molecular formula is C7H9F2NO. The molecule has 0 bridgehead atoms. The Morgan fingerprint density at radius 1 is 1.55 bits per heavy atom. The zero-order valence-electron chi connectivity index (χ0n) is 6.02. The van der Waals surface area contributed by atoms with Crippen molar-refractivity contribution in [2.24, 2.45) is 11.1 Å². The van der Waals surface area contributed by atoms with E-state index in [2.05, 4.69) is 5.16 Å². The first-order valence-electron chi connectivity index (χ1n) is 3.74. The number of hydrogen-bond donors (Lipinski definition) is 0. The SMILES string of the molecule is FC1(F)CCC2=NOCC2C1. The Balaban J connectivity index is 2.10. The summed E-state index contributed by atoms with van der Waals surface area (Å²) in [6.07, 6.45) is 0.259. The molecule has 4 heteroatoms. The second kappa shape index (κ2) is 2.16. The molecule has 1 aliphatic carbocycles. The molecule has 0 amide bonds. The average Bonchev–Trinajstić information content (AvgIpc) is 2.31. The topological polar surface area (TPSA) is 21.6 Å². The molecule has 1 heterocycles. The molecule has 1 saturated carbocycles. The standard InChI is InChI=1S/C7H9F2NO/c8-7(9)2-1-6-5(3-7)4-11-10-6/h5H,1-4H2. The van der Waals surface area contributed by atoms with Gasteiger partial charge in [-0.05, 0) is 6.42 Å². The van der Waals surface area contributed by atoms with Gasteiger partial charge in [0.05, 0.1) is 5.71 Å². The van der Waals surface area contributed by atoms with Crippen LogP contribution in [0.25, 0.3) is 0 Å². The highest BCUT2D eigenvalue weighted by atomic mass is 19.3. The lowest BCUT2D eigenvalue weighted by molar-refractivity contribution is -0.0334. The highest BCUT2D eigenvalue weighted by Crippen LogP contribution is 2.37. The van der Waals surface area contributed by atoms with Gasteiger partial charge in [-0.15, -0.1) is 0 Å². The van der Waals surface area contributed by atoms with Gasteiger partial charge < -0.3 is 4.84 Å². The minimum Gasteiger partial charge on any atom is -0.395 e. The van der Waals surface area contributed by atoms with Crippen molar-refractivity contribution in [1.82, 2.24) is 0 Å². The number of oxime groups is 1. The minimum absolute atomic E-state index is 0.0638. The average molecular weight is 161 g/mol. The van der Waals surface area contributed by atoms with E-state index in [1.165, 1.54) is 0 Å². The number of alkyl halides is 2. The lowest BCUT2D eigenvalue weighted by atomic mass is 9.86. The highest BCUT2D eigenvalue weighted by Gasteiger charge is 2.41. The Labute approximate surface area is 63.2 Å². The van der Waals surface area contributed by atoms with Crippen molar-refractivity contribution >= 4 is 5.71 Å². The van der Waals surface area contributed by atoms with E-state index in [1.807, 2.05) is 0 Å². The van der Waals surface area contributed by atoms with E-state index >= 15 is 0 Å². The van der Waals surface area contributed by atoms with E-state index < -0.39 is 5.92 Å². The van der Waals surface area contributed by atoms with Crippen LogP contribution in [0.15, 0.2) is 5.16 Å². The van der Waals surface area contributed by atoms with Gasteiger partial charge in [0.25, 0.3) is 0 Å². The summed E-state index contributed by atoms with van der Waals surface area (Å²) in [5.74, 6) is -2.60. The Kier molecular flexibility index (Phi) is 1.37. The third-order valence-corrected chi connectivity index (χ3v) is 2.22. The molecule has 2 nitrogen and oxygen atoms in total. The van der Waals surface area contributed by atoms with E-state index in [9.17, 15) is 8.78 Å². The maximum absolute atomic E-state index is 12.7. The first-order valence-corrected chi connectivity index (χ1v) is 3.74. The number of nitrogens with zero attached hydrogens (tertiary/aromatic N) is 1. The van der Waals surface area contributed by atoms with Crippen LogP contribution in [-0.2, 0) is 4.84 Å². The molecule has 62 valence electrons. The van der Waals surface area contributed by atoms with Crippen LogP contribution in [0.4, 0.5) is 8.78 Å². The molecule has 0 N–H and O–H groups in total. The third-order valence-electron chi connectivity index (χ3n) is 2.22. The fourth-order valence-corrected chi connectivity index (χ4v) is 1.58. The molecular weight excluding hydrogens is 152 g/mol. The summed E-state index contributed by atoms with van der Waals surface area (Å²) in [7, 11) is 0. The molecule has 1 atom stereocenters. The lowest BCUT2D eigenvalue weighted by Gasteiger charge is -2.25. The first kappa shape index (κ1) is 7.00. The molecule has 0 spiro atoms. The van der Waals surface area contributed by atoms with E-state index in [0.717, 1.165) is 5.71 Å². The van der Waals surface area contributed by atoms with Crippen LogP contribution in [0.1, 0.15) is 19.3 Å². The summed E-state index contributed by atoms with van der Waals surface area (Å²) in [6, 6.07) is 0. The van der Waals surface area contributed by atoms with Crippen LogP contribution in [-0.4, -0.2) is 18.2 Å². The monoisotopic (exact) mass is 161 g/mol. The number of halogens is 2. The van der Waals surface area contributed by atoms with Crippen LogP contribution in [0.3, 0.4) is 0 Å². The van der Waals surface area contributed by atoms with Gasteiger partial charge in [-0.25, -0.2) is 8.78 Å². The number of fused-ring (bicyclic) bond motifs is 1. The lowest BCUT2D eigenvalue weighted by Crippen LogP contribution is -2.32. The summed E-state index contributed by atoms with van der Waals surface area (Å²) in [5.41, 5.74) is 0.830. The highest BCUT2D eigenvalue weighted by molar-refractivity contribution is 5.88. The molecule has 2 aliphatic rings. The van der Waals surface area contributed by atoms with Crippen molar-refractivity contribution in [3.8, 4) is 0 Å². The summed E-state index contributed by atoms with van der Waals surface area (Å²) < 4.78 is 25.5. The summed E-state index contributed by atoms with van der Waals surface area (Å²) in [4.78, 5) is 4.74. The Morgan fingerprint density at radius 2 is 2.36 bits per heavy atom. The van der Waals surface area contributed by atoms with E-state index in [0.29, 0.717) is 13.0 Å². The predicted molar refractivity (Wildman–Crippen MR) is 35.7 cm³/mol. The van der Waals surface area contributed by atoms with E-state index in [4.69, 9.17) is 4.84 Å². The van der Waals surface area contributed by atoms with Crippen molar-refractivity contribution in [1.29, 1.82) is 0 Å². The van der Waals surface area contributed by atoms with Crippen LogP contribution in [0, 0.1) is 5.92 Å². The second-order valence-corrected chi connectivity index (χ2v) is 3.14. The largest absolute Gasteiger partial charge is 0.395 e. The van der Waals surface area contributed by atoms with Crippen molar-refractivity contribution in [2.75, 3.05) is 6.61 Å². The van der Waals surface area contributed by atoms with Gasteiger partial charge in [-0.3, -0.25) is 0 Å². The zero-order valence-corrected chi connectivity index (χ0v) is 6.02. The fourth-order valence-electron chi connectivity index (χ4n) is 1.58.